The highest BCUT2D eigenvalue weighted by Gasteiger charge is 2.24. The van der Waals surface area contributed by atoms with Crippen LogP contribution in [0.15, 0.2) is 12.2 Å². The highest BCUT2D eigenvalue weighted by Crippen LogP contribution is 2.26. The van der Waals surface area contributed by atoms with Gasteiger partial charge in [0.25, 0.3) is 0 Å². The molecule has 0 aromatic heterocycles. The molecule has 0 bridgehead atoms. The maximum Gasteiger partial charge on any atom is 0.159 e. The molecular weight excluding hydrogens is 152 g/mol. The zero-order valence-corrected chi connectivity index (χ0v) is 7.49. The quantitative estimate of drug-likeness (QED) is 0.691. The molecule has 2 heteroatoms. The molecule has 0 saturated carbocycles. The van der Waals surface area contributed by atoms with Gasteiger partial charge in [0, 0.05) is 12.5 Å². The lowest BCUT2D eigenvalue weighted by Gasteiger charge is -2.16. The first-order valence-corrected chi connectivity index (χ1v) is 4.57. The third-order valence-corrected chi connectivity index (χ3v) is 2.54. The van der Waals surface area contributed by atoms with Gasteiger partial charge in [-0.3, -0.25) is 4.79 Å². The summed E-state index contributed by atoms with van der Waals surface area (Å²) in [4.78, 5) is 11.2. The van der Waals surface area contributed by atoms with Crippen molar-refractivity contribution in [2.75, 3.05) is 6.61 Å². The fourth-order valence-corrected chi connectivity index (χ4v) is 1.70. The van der Waals surface area contributed by atoms with E-state index in [2.05, 4.69) is 6.92 Å². The Bertz CT molecular complexity index is 184. The Morgan fingerprint density at radius 2 is 2.50 bits per heavy atom. The molecule has 1 aliphatic rings. The largest absolute Gasteiger partial charge is 0.396 e. The highest BCUT2D eigenvalue weighted by atomic mass is 16.2. The minimum absolute atomic E-state index is 0.191. The Hall–Kier alpha value is -0.630. The first kappa shape index (κ1) is 9.46. The van der Waals surface area contributed by atoms with E-state index in [4.69, 9.17) is 5.11 Å². The lowest BCUT2D eigenvalue weighted by molar-refractivity contribution is -0.118. The van der Waals surface area contributed by atoms with Gasteiger partial charge in [0.2, 0.25) is 0 Å². The van der Waals surface area contributed by atoms with Gasteiger partial charge in [-0.2, -0.15) is 0 Å². The van der Waals surface area contributed by atoms with Crippen molar-refractivity contribution in [3.8, 4) is 0 Å². The zero-order valence-electron chi connectivity index (χ0n) is 7.49. The summed E-state index contributed by atoms with van der Waals surface area (Å²) in [6.45, 7) is 2.32. The first-order chi connectivity index (χ1) is 5.75. The molecule has 0 radical (unpaired) electrons. The SMILES string of the molecule is CC(CCCO)C1CC=CC1=O. The van der Waals surface area contributed by atoms with Crippen molar-refractivity contribution in [3.63, 3.8) is 0 Å². The van der Waals surface area contributed by atoms with Gasteiger partial charge in [-0.05, 0) is 31.3 Å². The van der Waals surface area contributed by atoms with E-state index in [1.807, 2.05) is 6.08 Å². The van der Waals surface area contributed by atoms with Crippen LogP contribution in [0, 0.1) is 11.8 Å². The number of hydrogen-bond acceptors (Lipinski definition) is 2. The molecule has 0 spiro atoms. The monoisotopic (exact) mass is 168 g/mol. The molecule has 0 amide bonds. The molecule has 0 heterocycles. The summed E-state index contributed by atoms with van der Waals surface area (Å²) in [5.74, 6) is 0.872. The minimum atomic E-state index is 0.191. The highest BCUT2D eigenvalue weighted by molar-refractivity contribution is 5.94. The predicted molar refractivity (Wildman–Crippen MR) is 47.7 cm³/mol. The van der Waals surface area contributed by atoms with Crippen molar-refractivity contribution in [1.82, 2.24) is 0 Å². The average molecular weight is 168 g/mol. The van der Waals surface area contributed by atoms with Crippen molar-refractivity contribution in [2.45, 2.75) is 26.2 Å². The fourth-order valence-electron chi connectivity index (χ4n) is 1.70. The number of carbonyl (C=O) groups excluding carboxylic acids is 1. The van der Waals surface area contributed by atoms with E-state index in [-0.39, 0.29) is 18.3 Å². The van der Waals surface area contributed by atoms with E-state index in [0.717, 1.165) is 19.3 Å². The number of aliphatic hydroxyl groups is 1. The summed E-state index contributed by atoms with van der Waals surface area (Å²) >= 11 is 0. The van der Waals surface area contributed by atoms with Gasteiger partial charge in [0.1, 0.15) is 0 Å². The Morgan fingerprint density at radius 3 is 3.00 bits per heavy atom. The molecule has 1 rings (SSSR count). The van der Waals surface area contributed by atoms with Crippen LogP contribution in [0.2, 0.25) is 0 Å². The smallest absolute Gasteiger partial charge is 0.159 e. The zero-order chi connectivity index (χ0) is 8.97. The first-order valence-electron chi connectivity index (χ1n) is 4.57. The number of allylic oxidation sites excluding steroid dienone is 2. The maximum absolute atomic E-state index is 11.2. The fraction of sp³-hybridized carbons (Fsp3) is 0.700. The molecule has 2 nitrogen and oxygen atoms in total. The number of carbonyl (C=O) groups is 1. The second-order valence-electron chi connectivity index (χ2n) is 3.49. The van der Waals surface area contributed by atoms with Crippen LogP contribution < -0.4 is 0 Å². The minimum Gasteiger partial charge on any atom is -0.396 e. The van der Waals surface area contributed by atoms with Crippen LogP contribution in [0.4, 0.5) is 0 Å². The van der Waals surface area contributed by atoms with Gasteiger partial charge in [0.05, 0.1) is 0 Å². The summed E-state index contributed by atoms with van der Waals surface area (Å²) in [5, 5.41) is 8.62. The number of ketones is 1. The maximum atomic E-state index is 11.2. The molecule has 0 aliphatic heterocycles. The van der Waals surface area contributed by atoms with Crippen molar-refractivity contribution in [2.24, 2.45) is 11.8 Å². The van der Waals surface area contributed by atoms with Gasteiger partial charge in [-0.15, -0.1) is 0 Å². The molecule has 0 aromatic carbocycles. The molecule has 0 saturated heterocycles. The molecule has 2 unspecified atom stereocenters. The van der Waals surface area contributed by atoms with E-state index < -0.39 is 0 Å². The normalized spacial score (nSPS) is 24.8. The Morgan fingerprint density at radius 1 is 1.75 bits per heavy atom. The number of aliphatic hydroxyl groups excluding tert-OH is 1. The summed E-state index contributed by atoms with van der Waals surface area (Å²) in [7, 11) is 0. The van der Waals surface area contributed by atoms with Crippen LogP contribution in [-0.4, -0.2) is 17.5 Å². The molecule has 68 valence electrons. The average Bonchev–Trinajstić information content (AvgIpc) is 2.47. The van der Waals surface area contributed by atoms with Gasteiger partial charge in [-0.1, -0.05) is 13.0 Å². The lowest BCUT2D eigenvalue weighted by Crippen LogP contribution is -2.16. The molecule has 1 aliphatic carbocycles. The summed E-state index contributed by atoms with van der Waals surface area (Å²) in [6.07, 6.45) is 6.29. The third kappa shape index (κ3) is 2.18. The van der Waals surface area contributed by atoms with Crippen LogP contribution in [0.1, 0.15) is 26.2 Å². The van der Waals surface area contributed by atoms with Crippen molar-refractivity contribution >= 4 is 5.78 Å². The van der Waals surface area contributed by atoms with Gasteiger partial charge >= 0.3 is 0 Å². The van der Waals surface area contributed by atoms with Crippen LogP contribution in [-0.2, 0) is 4.79 Å². The van der Waals surface area contributed by atoms with Crippen LogP contribution in [0.3, 0.4) is 0 Å². The molecular formula is C10H16O2. The second-order valence-corrected chi connectivity index (χ2v) is 3.49. The summed E-state index contributed by atoms with van der Waals surface area (Å²) in [5.41, 5.74) is 0. The summed E-state index contributed by atoms with van der Waals surface area (Å²) < 4.78 is 0. The second kappa shape index (κ2) is 4.41. The number of hydrogen-bond donors (Lipinski definition) is 1. The van der Waals surface area contributed by atoms with Gasteiger partial charge in [-0.25, -0.2) is 0 Å². The third-order valence-electron chi connectivity index (χ3n) is 2.54. The Labute approximate surface area is 73.3 Å². The van der Waals surface area contributed by atoms with E-state index >= 15 is 0 Å². The van der Waals surface area contributed by atoms with Crippen LogP contribution in [0.5, 0.6) is 0 Å². The van der Waals surface area contributed by atoms with E-state index in [9.17, 15) is 4.79 Å². The van der Waals surface area contributed by atoms with Crippen LogP contribution >= 0.6 is 0 Å². The van der Waals surface area contributed by atoms with Crippen molar-refractivity contribution in [3.05, 3.63) is 12.2 Å². The van der Waals surface area contributed by atoms with Gasteiger partial charge < -0.3 is 5.11 Å². The Balaban J connectivity index is 2.32. The molecule has 0 aromatic rings. The number of rotatable bonds is 4. The van der Waals surface area contributed by atoms with Gasteiger partial charge in [0.15, 0.2) is 5.78 Å². The van der Waals surface area contributed by atoms with E-state index in [0.29, 0.717) is 5.92 Å². The van der Waals surface area contributed by atoms with Crippen LogP contribution in [0.25, 0.3) is 0 Å². The molecule has 0 fully saturated rings. The van der Waals surface area contributed by atoms with E-state index in [1.165, 1.54) is 0 Å². The standard InChI is InChI=1S/C10H16O2/c1-8(4-3-7-11)9-5-2-6-10(9)12/h2,6,8-9,11H,3-5,7H2,1H3. The summed E-state index contributed by atoms with van der Waals surface area (Å²) in [6, 6.07) is 0. The molecule has 2 atom stereocenters. The molecule has 1 N–H and O–H groups in total. The molecule has 12 heavy (non-hydrogen) atoms. The predicted octanol–water partition coefficient (Wildman–Crippen LogP) is 1.54. The van der Waals surface area contributed by atoms with Crippen molar-refractivity contribution < 1.29 is 9.90 Å². The van der Waals surface area contributed by atoms with E-state index in [1.54, 1.807) is 6.08 Å². The lowest BCUT2D eigenvalue weighted by atomic mass is 9.88. The Kier molecular flexibility index (Phi) is 3.48. The topological polar surface area (TPSA) is 37.3 Å². The van der Waals surface area contributed by atoms with Crippen molar-refractivity contribution in [1.29, 1.82) is 0 Å².